The van der Waals surface area contributed by atoms with Gasteiger partial charge in [0.2, 0.25) is 0 Å². The zero-order chi connectivity index (χ0) is 22.6. The van der Waals surface area contributed by atoms with Gasteiger partial charge in [-0.25, -0.2) is 14.4 Å². The molecular formula is C28H35FN2O. The van der Waals surface area contributed by atoms with Gasteiger partial charge in [0.05, 0.1) is 0 Å². The summed E-state index contributed by atoms with van der Waals surface area (Å²) in [6.45, 7) is 4.48. The maximum Gasteiger partial charge on any atom is 0.159 e. The number of hydrogen-bond acceptors (Lipinski definition) is 3. The second-order valence-corrected chi connectivity index (χ2v) is 8.38. The molecule has 1 unspecified atom stereocenters. The lowest BCUT2D eigenvalue weighted by atomic mass is 10.1. The molecule has 1 aromatic heterocycles. The van der Waals surface area contributed by atoms with E-state index in [0.29, 0.717) is 12.2 Å². The van der Waals surface area contributed by atoms with Gasteiger partial charge in [0.25, 0.3) is 0 Å². The number of alkyl halides is 1. The molecule has 32 heavy (non-hydrogen) atoms. The van der Waals surface area contributed by atoms with Gasteiger partial charge in [-0.05, 0) is 42.5 Å². The van der Waals surface area contributed by atoms with E-state index >= 15 is 0 Å². The topological polar surface area (TPSA) is 35.0 Å². The van der Waals surface area contributed by atoms with Crippen molar-refractivity contribution in [3.05, 3.63) is 66.5 Å². The lowest BCUT2D eigenvalue weighted by Gasteiger charge is -2.11. The fourth-order valence-electron chi connectivity index (χ4n) is 3.63. The SMILES string of the molecule is CCCCCCC(F)COc1ccc(-c2cnc(-c3ccc(CCCC)cc3)nc2)cc1. The molecule has 1 atom stereocenters. The van der Waals surface area contributed by atoms with E-state index < -0.39 is 6.17 Å². The summed E-state index contributed by atoms with van der Waals surface area (Å²) in [4.78, 5) is 9.10. The van der Waals surface area contributed by atoms with Crippen LogP contribution in [-0.2, 0) is 6.42 Å². The van der Waals surface area contributed by atoms with Crippen LogP contribution in [0.4, 0.5) is 4.39 Å². The van der Waals surface area contributed by atoms with Crippen LogP contribution in [0.1, 0.15) is 64.4 Å². The third-order valence-corrected chi connectivity index (χ3v) is 5.67. The van der Waals surface area contributed by atoms with Crippen molar-refractivity contribution in [1.82, 2.24) is 9.97 Å². The molecule has 0 aliphatic carbocycles. The van der Waals surface area contributed by atoms with Crippen molar-refractivity contribution >= 4 is 0 Å². The van der Waals surface area contributed by atoms with Crippen LogP contribution in [0.25, 0.3) is 22.5 Å². The van der Waals surface area contributed by atoms with E-state index in [1.165, 1.54) is 31.2 Å². The molecule has 3 nitrogen and oxygen atoms in total. The van der Waals surface area contributed by atoms with E-state index in [9.17, 15) is 4.39 Å². The molecule has 0 amide bonds. The maximum absolute atomic E-state index is 14.0. The molecule has 0 spiro atoms. The van der Waals surface area contributed by atoms with Gasteiger partial charge >= 0.3 is 0 Å². The third kappa shape index (κ3) is 7.44. The molecule has 0 aliphatic rings. The predicted molar refractivity (Wildman–Crippen MR) is 131 cm³/mol. The number of halogens is 1. The molecule has 2 aromatic carbocycles. The average molecular weight is 435 g/mol. The van der Waals surface area contributed by atoms with Crippen molar-refractivity contribution in [3.8, 4) is 28.3 Å². The number of hydrogen-bond donors (Lipinski definition) is 0. The van der Waals surface area contributed by atoms with E-state index in [-0.39, 0.29) is 6.61 Å². The van der Waals surface area contributed by atoms with Gasteiger partial charge in [-0.2, -0.15) is 0 Å². The van der Waals surface area contributed by atoms with Gasteiger partial charge < -0.3 is 4.74 Å². The lowest BCUT2D eigenvalue weighted by molar-refractivity contribution is 0.184. The molecule has 4 heteroatoms. The maximum atomic E-state index is 14.0. The Hall–Kier alpha value is -2.75. The highest BCUT2D eigenvalue weighted by atomic mass is 19.1. The van der Waals surface area contributed by atoms with Gasteiger partial charge in [-0.15, -0.1) is 0 Å². The summed E-state index contributed by atoms with van der Waals surface area (Å²) >= 11 is 0. The highest BCUT2D eigenvalue weighted by molar-refractivity contribution is 5.64. The first-order valence-corrected chi connectivity index (χ1v) is 12.0. The summed E-state index contributed by atoms with van der Waals surface area (Å²) < 4.78 is 19.6. The molecule has 3 aromatic rings. The Balaban J connectivity index is 1.52. The Morgan fingerprint density at radius 1 is 0.750 bits per heavy atom. The Kier molecular flexibility index (Phi) is 9.67. The normalized spacial score (nSPS) is 12.0. The molecule has 0 saturated carbocycles. The zero-order valence-electron chi connectivity index (χ0n) is 19.4. The fraction of sp³-hybridized carbons (Fsp3) is 0.429. The van der Waals surface area contributed by atoms with Gasteiger partial charge in [0.15, 0.2) is 5.82 Å². The summed E-state index contributed by atoms with van der Waals surface area (Å²) in [7, 11) is 0. The largest absolute Gasteiger partial charge is 0.491 e. The number of nitrogens with zero attached hydrogens (tertiary/aromatic N) is 2. The first-order chi connectivity index (χ1) is 15.7. The second-order valence-electron chi connectivity index (χ2n) is 8.38. The first kappa shape index (κ1) is 23.9. The number of aromatic nitrogens is 2. The minimum absolute atomic E-state index is 0.112. The van der Waals surface area contributed by atoms with E-state index in [4.69, 9.17) is 4.74 Å². The first-order valence-electron chi connectivity index (χ1n) is 12.0. The summed E-state index contributed by atoms with van der Waals surface area (Å²) in [5.74, 6) is 1.41. The average Bonchev–Trinajstić information content (AvgIpc) is 2.85. The molecule has 170 valence electrons. The standard InChI is InChI=1S/C28H35FN2O/c1-3-5-7-8-10-26(29)21-32-27-17-15-23(16-18-27)25-19-30-28(31-20-25)24-13-11-22(12-14-24)9-6-4-2/h11-20,26H,3-10,21H2,1-2H3. The van der Waals surface area contributed by atoms with Crippen LogP contribution in [0.2, 0.25) is 0 Å². The van der Waals surface area contributed by atoms with Crippen molar-refractivity contribution in [1.29, 1.82) is 0 Å². The number of unbranched alkanes of at least 4 members (excludes halogenated alkanes) is 4. The van der Waals surface area contributed by atoms with Crippen LogP contribution in [-0.4, -0.2) is 22.7 Å². The number of rotatable bonds is 13. The lowest BCUT2D eigenvalue weighted by Crippen LogP contribution is -2.12. The third-order valence-electron chi connectivity index (χ3n) is 5.67. The van der Waals surface area contributed by atoms with E-state index in [0.717, 1.165) is 41.8 Å². The van der Waals surface area contributed by atoms with Crippen molar-refractivity contribution in [3.63, 3.8) is 0 Å². The summed E-state index contributed by atoms with van der Waals surface area (Å²) in [5.41, 5.74) is 4.33. The smallest absolute Gasteiger partial charge is 0.159 e. The number of ether oxygens (including phenoxy) is 1. The summed E-state index contributed by atoms with van der Waals surface area (Å²) in [5, 5.41) is 0. The quantitative estimate of drug-likeness (QED) is 0.257. The number of aryl methyl sites for hydroxylation is 1. The highest BCUT2D eigenvalue weighted by Gasteiger charge is 2.08. The Bertz CT molecular complexity index is 908. The van der Waals surface area contributed by atoms with Crippen LogP contribution < -0.4 is 4.74 Å². The monoisotopic (exact) mass is 434 g/mol. The summed E-state index contributed by atoms with van der Waals surface area (Å²) in [6, 6.07) is 16.2. The van der Waals surface area contributed by atoms with Crippen LogP contribution >= 0.6 is 0 Å². The molecule has 1 heterocycles. The van der Waals surface area contributed by atoms with Gasteiger partial charge in [0.1, 0.15) is 18.5 Å². The Morgan fingerprint density at radius 3 is 2.06 bits per heavy atom. The predicted octanol–water partition coefficient (Wildman–Crippen LogP) is 7.84. The molecule has 0 fully saturated rings. The molecule has 0 radical (unpaired) electrons. The Labute approximate surface area is 192 Å². The van der Waals surface area contributed by atoms with Gasteiger partial charge in [-0.3, -0.25) is 0 Å². The molecule has 0 bridgehead atoms. The second kappa shape index (κ2) is 12.9. The van der Waals surface area contributed by atoms with E-state index in [2.05, 4.69) is 48.1 Å². The van der Waals surface area contributed by atoms with Crippen LogP contribution in [0.15, 0.2) is 60.9 Å². The van der Waals surface area contributed by atoms with Crippen molar-refractivity contribution in [2.75, 3.05) is 6.61 Å². The van der Waals surface area contributed by atoms with E-state index in [1.54, 1.807) is 0 Å². The minimum Gasteiger partial charge on any atom is -0.491 e. The van der Waals surface area contributed by atoms with Crippen LogP contribution in [0.5, 0.6) is 5.75 Å². The molecule has 0 saturated heterocycles. The van der Waals surface area contributed by atoms with Crippen LogP contribution in [0.3, 0.4) is 0 Å². The Morgan fingerprint density at radius 2 is 1.41 bits per heavy atom. The van der Waals surface area contributed by atoms with Crippen LogP contribution in [0, 0.1) is 0 Å². The van der Waals surface area contributed by atoms with Gasteiger partial charge in [0, 0.05) is 23.5 Å². The molecular weight excluding hydrogens is 399 g/mol. The minimum atomic E-state index is -0.909. The van der Waals surface area contributed by atoms with Crippen molar-refractivity contribution in [2.45, 2.75) is 71.4 Å². The number of benzene rings is 2. The fourth-order valence-corrected chi connectivity index (χ4v) is 3.63. The molecule has 0 aliphatic heterocycles. The highest BCUT2D eigenvalue weighted by Crippen LogP contribution is 2.24. The van der Waals surface area contributed by atoms with Crippen molar-refractivity contribution < 1.29 is 9.13 Å². The summed E-state index contributed by atoms with van der Waals surface area (Å²) in [6.07, 6.45) is 11.2. The zero-order valence-corrected chi connectivity index (χ0v) is 19.4. The molecule has 0 N–H and O–H groups in total. The van der Waals surface area contributed by atoms with E-state index in [1.807, 2.05) is 36.7 Å². The molecule has 3 rings (SSSR count). The van der Waals surface area contributed by atoms with Crippen molar-refractivity contribution in [2.24, 2.45) is 0 Å². The van der Waals surface area contributed by atoms with Gasteiger partial charge in [-0.1, -0.05) is 82.3 Å².